The average Bonchev–Trinajstić information content (AvgIpc) is 3.10. The molecule has 0 saturated heterocycles. The highest BCUT2D eigenvalue weighted by Crippen LogP contribution is 2.23. The van der Waals surface area contributed by atoms with Gasteiger partial charge < -0.3 is 5.32 Å². The number of Topliss-reactive ketones (excluding diaryl/α,β-unsaturated/α-hetero) is 1. The van der Waals surface area contributed by atoms with E-state index in [9.17, 15) is 9.59 Å². The Hall–Kier alpha value is -1.64. The third-order valence-electron chi connectivity index (χ3n) is 3.71. The van der Waals surface area contributed by atoms with Crippen molar-refractivity contribution in [3.8, 4) is 0 Å². The number of carbonyl (C=O) groups is 2. The lowest BCUT2D eigenvalue weighted by molar-refractivity contribution is -0.117. The Bertz CT molecular complexity index is 502. The molecule has 1 aromatic carbocycles. The Kier molecular flexibility index (Phi) is 3.24. The summed E-state index contributed by atoms with van der Waals surface area (Å²) >= 11 is 0. The molecule has 1 aliphatic carbocycles. The van der Waals surface area contributed by atoms with Crippen LogP contribution in [0.2, 0.25) is 0 Å². The molecule has 18 heavy (non-hydrogen) atoms. The summed E-state index contributed by atoms with van der Waals surface area (Å²) in [7, 11) is 0. The highest BCUT2D eigenvalue weighted by atomic mass is 16.2. The van der Waals surface area contributed by atoms with E-state index in [0.29, 0.717) is 5.56 Å². The van der Waals surface area contributed by atoms with Gasteiger partial charge in [-0.1, -0.05) is 6.07 Å². The molecule has 3 heteroatoms. The van der Waals surface area contributed by atoms with Gasteiger partial charge >= 0.3 is 0 Å². The first-order valence-electron chi connectivity index (χ1n) is 6.34. The molecule has 0 aromatic heterocycles. The zero-order valence-electron chi connectivity index (χ0n) is 11.4. The van der Waals surface area contributed by atoms with Crippen LogP contribution < -0.4 is 5.32 Å². The Labute approximate surface area is 108 Å². The van der Waals surface area contributed by atoms with E-state index >= 15 is 0 Å². The Balaban J connectivity index is 2.36. The van der Waals surface area contributed by atoms with Crippen LogP contribution in [0.15, 0.2) is 6.07 Å². The van der Waals surface area contributed by atoms with E-state index in [1.165, 1.54) is 0 Å². The molecule has 1 fully saturated rings. The number of aryl methyl sites for hydroxylation is 2. The van der Waals surface area contributed by atoms with Gasteiger partial charge in [0.05, 0.1) is 0 Å². The number of rotatable bonds is 3. The number of nitrogens with one attached hydrogen (secondary N) is 1. The molecule has 0 atom stereocenters. The maximum atomic E-state index is 12.2. The molecule has 96 valence electrons. The minimum atomic E-state index is -0.464. The van der Waals surface area contributed by atoms with Crippen LogP contribution in [0.1, 0.15) is 45.5 Å². The molecular formula is C15H19NO2. The second-order valence-electron chi connectivity index (χ2n) is 5.21. The van der Waals surface area contributed by atoms with Crippen molar-refractivity contribution < 1.29 is 9.59 Å². The van der Waals surface area contributed by atoms with Gasteiger partial charge in [-0.15, -0.1) is 0 Å². The molecule has 0 bridgehead atoms. The lowest BCUT2D eigenvalue weighted by Crippen LogP contribution is -2.33. The average molecular weight is 245 g/mol. The Morgan fingerprint density at radius 2 is 1.56 bits per heavy atom. The quantitative estimate of drug-likeness (QED) is 0.656. The van der Waals surface area contributed by atoms with Gasteiger partial charge in [0.2, 0.25) is 0 Å². The van der Waals surface area contributed by atoms with Crippen LogP contribution in [0.4, 0.5) is 0 Å². The molecular weight excluding hydrogens is 226 g/mol. The van der Waals surface area contributed by atoms with Crippen LogP contribution in [0.3, 0.4) is 0 Å². The SMILES string of the molecule is Cc1cc(C)c(C)c(C(=O)C(=O)NC2CC2)c1C. The van der Waals surface area contributed by atoms with E-state index in [4.69, 9.17) is 0 Å². The first-order chi connectivity index (χ1) is 8.41. The Morgan fingerprint density at radius 3 is 2.00 bits per heavy atom. The van der Waals surface area contributed by atoms with E-state index < -0.39 is 11.7 Å². The molecule has 1 amide bonds. The normalized spacial score (nSPS) is 14.4. The maximum absolute atomic E-state index is 12.2. The Morgan fingerprint density at radius 1 is 1.06 bits per heavy atom. The van der Waals surface area contributed by atoms with Gasteiger partial charge in [0.1, 0.15) is 0 Å². The molecule has 3 nitrogen and oxygen atoms in total. The number of benzene rings is 1. The van der Waals surface area contributed by atoms with Crippen molar-refractivity contribution in [2.24, 2.45) is 0 Å². The summed E-state index contributed by atoms with van der Waals surface area (Å²) in [5.74, 6) is -0.864. The number of hydrogen-bond donors (Lipinski definition) is 1. The molecule has 0 aliphatic heterocycles. The van der Waals surface area contributed by atoms with Gasteiger partial charge in [-0.3, -0.25) is 9.59 Å². The standard InChI is InChI=1S/C15H19NO2/c1-8-7-9(2)11(4)13(10(8)3)14(17)15(18)16-12-5-6-12/h7,12H,5-6H2,1-4H3,(H,16,18). The van der Waals surface area contributed by atoms with Gasteiger partial charge in [-0.05, 0) is 62.8 Å². The zero-order valence-corrected chi connectivity index (χ0v) is 11.4. The zero-order chi connectivity index (χ0) is 13.4. The molecule has 0 unspecified atom stereocenters. The summed E-state index contributed by atoms with van der Waals surface area (Å²) in [4.78, 5) is 24.1. The van der Waals surface area contributed by atoms with Crippen LogP contribution in [-0.4, -0.2) is 17.7 Å². The first kappa shape index (κ1) is 12.8. The summed E-state index contributed by atoms with van der Waals surface area (Å²) < 4.78 is 0. The van der Waals surface area contributed by atoms with Gasteiger partial charge in [-0.25, -0.2) is 0 Å². The lowest BCUT2D eigenvalue weighted by Gasteiger charge is -2.14. The minimum Gasteiger partial charge on any atom is -0.346 e. The molecule has 0 radical (unpaired) electrons. The highest BCUT2D eigenvalue weighted by Gasteiger charge is 2.28. The molecule has 0 spiro atoms. The van der Waals surface area contributed by atoms with Crippen molar-refractivity contribution in [3.05, 3.63) is 33.9 Å². The van der Waals surface area contributed by atoms with Gasteiger partial charge in [-0.2, -0.15) is 0 Å². The van der Waals surface area contributed by atoms with Crippen LogP contribution in [0, 0.1) is 27.7 Å². The van der Waals surface area contributed by atoms with E-state index in [1.807, 2.05) is 27.7 Å². The van der Waals surface area contributed by atoms with Crippen molar-refractivity contribution in [1.29, 1.82) is 0 Å². The molecule has 2 rings (SSSR count). The second-order valence-corrected chi connectivity index (χ2v) is 5.21. The van der Waals surface area contributed by atoms with Crippen LogP contribution in [0.25, 0.3) is 0 Å². The number of hydrogen-bond acceptors (Lipinski definition) is 2. The molecule has 1 saturated carbocycles. The van der Waals surface area contributed by atoms with Gasteiger partial charge in [0, 0.05) is 11.6 Å². The fourth-order valence-electron chi connectivity index (χ4n) is 2.15. The van der Waals surface area contributed by atoms with Crippen molar-refractivity contribution in [2.45, 2.75) is 46.6 Å². The number of carbonyl (C=O) groups excluding carboxylic acids is 2. The smallest absolute Gasteiger partial charge is 0.292 e. The fourth-order valence-corrected chi connectivity index (χ4v) is 2.15. The van der Waals surface area contributed by atoms with E-state index in [0.717, 1.165) is 35.1 Å². The number of amides is 1. The van der Waals surface area contributed by atoms with Crippen molar-refractivity contribution in [2.75, 3.05) is 0 Å². The first-order valence-corrected chi connectivity index (χ1v) is 6.34. The monoisotopic (exact) mass is 245 g/mol. The van der Waals surface area contributed by atoms with Crippen LogP contribution in [0.5, 0.6) is 0 Å². The summed E-state index contributed by atoms with van der Waals surface area (Å²) in [5, 5.41) is 2.76. The summed E-state index contributed by atoms with van der Waals surface area (Å²) in [6.07, 6.45) is 1.98. The number of ketones is 1. The van der Waals surface area contributed by atoms with Crippen molar-refractivity contribution >= 4 is 11.7 Å². The van der Waals surface area contributed by atoms with E-state index in [-0.39, 0.29) is 6.04 Å². The van der Waals surface area contributed by atoms with Crippen molar-refractivity contribution in [1.82, 2.24) is 5.32 Å². The fraction of sp³-hybridized carbons (Fsp3) is 0.467. The summed E-state index contributed by atoms with van der Waals surface area (Å²) in [6, 6.07) is 2.27. The largest absolute Gasteiger partial charge is 0.346 e. The van der Waals surface area contributed by atoms with Crippen LogP contribution in [-0.2, 0) is 4.79 Å². The summed E-state index contributed by atoms with van der Waals surface area (Å²) in [5.41, 5.74) is 4.51. The molecule has 1 aromatic rings. The van der Waals surface area contributed by atoms with E-state index in [1.54, 1.807) is 0 Å². The minimum absolute atomic E-state index is 0.216. The second kappa shape index (κ2) is 4.56. The summed E-state index contributed by atoms with van der Waals surface area (Å²) in [6.45, 7) is 7.74. The lowest BCUT2D eigenvalue weighted by atomic mass is 9.91. The topological polar surface area (TPSA) is 46.2 Å². The third kappa shape index (κ3) is 2.30. The molecule has 1 N–H and O–H groups in total. The maximum Gasteiger partial charge on any atom is 0.292 e. The van der Waals surface area contributed by atoms with Gasteiger partial charge in [0.25, 0.3) is 11.7 Å². The third-order valence-corrected chi connectivity index (χ3v) is 3.71. The molecule has 0 heterocycles. The van der Waals surface area contributed by atoms with Gasteiger partial charge in [0.15, 0.2) is 0 Å². The van der Waals surface area contributed by atoms with Crippen LogP contribution >= 0.6 is 0 Å². The van der Waals surface area contributed by atoms with Crippen molar-refractivity contribution in [3.63, 3.8) is 0 Å². The predicted octanol–water partition coefficient (Wildman–Crippen LogP) is 2.38. The highest BCUT2D eigenvalue weighted by molar-refractivity contribution is 6.43. The van der Waals surface area contributed by atoms with E-state index in [2.05, 4.69) is 11.4 Å². The predicted molar refractivity (Wildman–Crippen MR) is 70.9 cm³/mol. The molecule has 1 aliphatic rings.